The number of carbonyl (C=O) groups is 1. The first kappa shape index (κ1) is 17.7. The van der Waals surface area contributed by atoms with Gasteiger partial charge in [0.2, 0.25) is 5.91 Å². The molecule has 1 fully saturated rings. The van der Waals surface area contributed by atoms with Crippen molar-refractivity contribution in [2.75, 3.05) is 23.3 Å². The van der Waals surface area contributed by atoms with Crippen LogP contribution in [0.25, 0.3) is 0 Å². The average molecular weight is 363 g/mol. The standard InChI is InChI=1S/C22H25N3O2/c1-14-5-4-6-20-21(14)19(22(26)24-20)11-23-17-7-9-18(10-8-17)25-12-15(2)27-16(3)13-25/h4-11,15-16,19H,12-13H2,1-3H3,(H,24,26). The van der Waals surface area contributed by atoms with Crippen LogP contribution in [0.15, 0.2) is 47.5 Å². The third-order valence-electron chi connectivity index (χ3n) is 5.18. The fourth-order valence-corrected chi connectivity index (χ4v) is 3.99. The monoisotopic (exact) mass is 363 g/mol. The Morgan fingerprint density at radius 1 is 1.11 bits per heavy atom. The fourth-order valence-electron chi connectivity index (χ4n) is 3.99. The lowest BCUT2D eigenvalue weighted by Crippen LogP contribution is -2.45. The third-order valence-corrected chi connectivity index (χ3v) is 5.18. The molecule has 1 amide bonds. The van der Waals surface area contributed by atoms with Crippen molar-refractivity contribution in [2.24, 2.45) is 4.99 Å². The number of ether oxygens (including phenoxy) is 1. The Labute approximate surface area is 160 Å². The summed E-state index contributed by atoms with van der Waals surface area (Å²) >= 11 is 0. The van der Waals surface area contributed by atoms with Crippen LogP contribution in [0.5, 0.6) is 0 Å². The summed E-state index contributed by atoms with van der Waals surface area (Å²) in [4.78, 5) is 19.2. The van der Waals surface area contributed by atoms with Crippen molar-refractivity contribution in [1.29, 1.82) is 0 Å². The van der Waals surface area contributed by atoms with E-state index in [2.05, 4.69) is 41.2 Å². The summed E-state index contributed by atoms with van der Waals surface area (Å²) in [6, 6.07) is 14.1. The summed E-state index contributed by atoms with van der Waals surface area (Å²) in [5.41, 5.74) is 5.05. The van der Waals surface area contributed by atoms with Crippen molar-refractivity contribution >= 4 is 29.2 Å². The molecule has 27 heavy (non-hydrogen) atoms. The second-order valence-corrected chi connectivity index (χ2v) is 7.46. The quantitative estimate of drug-likeness (QED) is 0.837. The van der Waals surface area contributed by atoms with E-state index < -0.39 is 0 Å². The summed E-state index contributed by atoms with van der Waals surface area (Å²) in [6.45, 7) is 8.02. The molecule has 140 valence electrons. The number of hydrogen-bond donors (Lipinski definition) is 1. The SMILES string of the molecule is Cc1cccc2c1C(C=Nc1ccc(N3CC(C)OC(C)C3)cc1)C(=O)N2. The zero-order chi connectivity index (χ0) is 19.0. The molecule has 0 saturated carbocycles. The molecule has 2 aliphatic rings. The number of fused-ring (bicyclic) bond motifs is 1. The van der Waals surface area contributed by atoms with Crippen molar-refractivity contribution in [1.82, 2.24) is 0 Å². The van der Waals surface area contributed by atoms with Crippen molar-refractivity contribution in [3.63, 3.8) is 0 Å². The number of aryl methyl sites for hydroxylation is 1. The van der Waals surface area contributed by atoms with Gasteiger partial charge in [-0.1, -0.05) is 12.1 Å². The normalized spacial score (nSPS) is 24.9. The molecule has 5 nitrogen and oxygen atoms in total. The minimum absolute atomic E-state index is 0.0176. The van der Waals surface area contributed by atoms with Gasteiger partial charge in [-0.2, -0.15) is 0 Å². The van der Waals surface area contributed by atoms with Gasteiger partial charge in [-0.15, -0.1) is 0 Å². The van der Waals surface area contributed by atoms with E-state index in [0.29, 0.717) is 0 Å². The molecule has 0 radical (unpaired) electrons. The summed E-state index contributed by atoms with van der Waals surface area (Å²) in [5.74, 6) is -0.349. The van der Waals surface area contributed by atoms with Crippen LogP contribution in [0.3, 0.4) is 0 Å². The Kier molecular flexibility index (Phi) is 4.70. The lowest BCUT2D eigenvalue weighted by molar-refractivity contribution is -0.115. The van der Waals surface area contributed by atoms with E-state index in [0.717, 1.165) is 35.6 Å². The van der Waals surface area contributed by atoms with Gasteiger partial charge in [0.15, 0.2) is 0 Å². The molecule has 0 aromatic heterocycles. The van der Waals surface area contributed by atoms with E-state index in [1.54, 1.807) is 6.21 Å². The molecular weight excluding hydrogens is 338 g/mol. The van der Waals surface area contributed by atoms with Crippen LogP contribution in [0, 0.1) is 6.92 Å². The van der Waals surface area contributed by atoms with Crippen LogP contribution in [-0.4, -0.2) is 37.4 Å². The Morgan fingerprint density at radius 2 is 1.81 bits per heavy atom. The maximum Gasteiger partial charge on any atom is 0.237 e. The van der Waals surface area contributed by atoms with E-state index in [4.69, 9.17) is 4.74 Å². The van der Waals surface area contributed by atoms with Crippen LogP contribution < -0.4 is 10.2 Å². The number of nitrogens with zero attached hydrogens (tertiary/aromatic N) is 2. The molecule has 1 N–H and O–H groups in total. The number of nitrogens with one attached hydrogen (secondary N) is 1. The molecule has 5 heteroatoms. The van der Waals surface area contributed by atoms with Gasteiger partial charge < -0.3 is 15.0 Å². The topological polar surface area (TPSA) is 53.9 Å². The van der Waals surface area contributed by atoms with Crippen molar-refractivity contribution < 1.29 is 9.53 Å². The fraction of sp³-hybridized carbons (Fsp3) is 0.364. The molecule has 0 aliphatic carbocycles. The predicted molar refractivity (Wildman–Crippen MR) is 109 cm³/mol. The van der Waals surface area contributed by atoms with E-state index in [-0.39, 0.29) is 24.0 Å². The van der Waals surface area contributed by atoms with Gasteiger partial charge >= 0.3 is 0 Å². The van der Waals surface area contributed by atoms with Crippen LogP contribution in [-0.2, 0) is 9.53 Å². The molecule has 4 rings (SSSR count). The van der Waals surface area contributed by atoms with Crippen LogP contribution >= 0.6 is 0 Å². The summed E-state index contributed by atoms with van der Waals surface area (Å²) in [5, 5.41) is 2.94. The molecule has 2 heterocycles. The smallest absolute Gasteiger partial charge is 0.237 e. The lowest BCUT2D eigenvalue weighted by Gasteiger charge is -2.36. The first-order valence-corrected chi connectivity index (χ1v) is 9.46. The van der Waals surface area contributed by atoms with Gasteiger partial charge in [0.25, 0.3) is 0 Å². The van der Waals surface area contributed by atoms with Crippen LogP contribution in [0.2, 0.25) is 0 Å². The number of amides is 1. The number of hydrogen-bond acceptors (Lipinski definition) is 4. The second-order valence-electron chi connectivity index (χ2n) is 7.46. The van der Waals surface area contributed by atoms with Gasteiger partial charge in [-0.05, 0) is 62.2 Å². The molecule has 3 unspecified atom stereocenters. The highest BCUT2D eigenvalue weighted by atomic mass is 16.5. The maximum absolute atomic E-state index is 12.3. The van der Waals surface area contributed by atoms with E-state index >= 15 is 0 Å². The zero-order valence-electron chi connectivity index (χ0n) is 16.0. The Balaban J connectivity index is 1.50. The molecule has 2 aliphatic heterocycles. The molecular formula is C22H25N3O2. The van der Waals surface area contributed by atoms with Crippen LogP contribution in [0.1, 0.15) is 30.9 Å². The number of benzene rings is 2. The Bertz CT molecular complexity index is 866. The number of anilines is 2. The highest BCUT2D eigenvalue weighted by Gasteiger charge is 2.30. The van der Waals surface area contributed by atoms with Gasteiger partial charge in [-0.25, -0.2) is 0 Å². The number of rotatable bonds is 3. The predicted octanol–water partition coefficient (Wildman–Crippen LogP) is 4.05. The minimum atomic E-state index is -0.332. The van der Waals surface area contributed by atoms with Gasteiger partial charge in [0.1, 0.15) is 5.92 Å². The van der Waals surface area contributed by atoms with Crippen molar-refractivity contribution in [3.05, 3.63) is 53.6 Å². The molecule has 0 bridgehead atoms. The van der Waals surface area contributed by atoms with E-state index in [1.165, 1.54) is 5.69 Å². The zero-order valence-corrected chi connectivity index (χ0v) is 16.0. The average Bonchev–Trinajstić information content (AvgIpc) is 2.96. The summed E-state index contributed by atoms with van der Waals surface area (Å²) < 4.78 is 5.80. The van der Waals surface area contributed by atoms with E-state index in [1.807, 2.05) is 37.3 Å². The molecule has 3 atom stereocenters. The lowest BCUT2D eigenvalue weighted by atomic mass is 9.97. The third kappa shape index (κ3) is 3.60. The molecule has 2 aromatic rings. The maximum atomic E-state index is 12.3. The first-order valence-electron chi connectivity index (χ1n) is 9.46. The highest BCUT2D eigenvalue weighted by Crippen LogP contribution is 2.34. The number of morpholine rings is 1. The highest BCUT2D eigenvalue weighted by molar-refractivity contribution is 6.13. The summed E-state index contributed by atoms with van der Waals surface area (Å²) in [7, 11) is 0. The van der Waals surface area contributed by atoms with Gasteiger partial charge in [-0.3, -0.25) is 9.79 Å². The Hall–Kier alpha value is -2.66. The second kappa shape index (κ2) is 7.16. The largest absolute Gasteiger partial charge is 0.372 e. The molecule has 1 saturated heterocycles. The van der Waals surface area contributed by atoms with Gasteiger partial charge in [0.05, 0.1) is 17.9 Å². The number of carbonyl (C=O) groups excluding carboxylic acids is 1. The minimum Gasteiger partial charge on any atom is -0.372 e. The number of aliphatic imine (C=N–C) groups is 1. The van der Waals surface area contributed by atoms with E-state index in [9.17, 15) is 4.79 Å². The molecule has 2 aromatic carbocycles. The van der Waals surface area contributed by atoms with Crippen molar-refractivity contribution in [3.8, 4) is 0 Å². The van der Waals surface area contributed by atoms with Crippen molar-refractivity contribution in [2.45, 2.75) is 38.9 Å². The van der Waals surface area contributed by atoms with Crippen LogP contribution in [0.4, 0.5) is 17.1 Å². The molecule has 0 spiro atoms. The first-order chi connectivity index (χ1) is 13.0. The van der Waals surface area contributed by atoms with Gasteiger partial charge in [0, 0.05) is 30.7 Å². The summed E-state index contributed by atoms with van der Waals surface area (Å²) in [6.07, 6.45) is 2.22. The Morgan fingerprint density at radius 3 is 2.52 bits per heavy atom.